The topological polar surface area (TPSA) is 105 Å². The fourth-order valence-electron chi connectivity index (χ4n) is 5.51. The molecule has 7 nitrogen and oxygen atoms in total. The highest BCUT2D eigenvalue weighted by Crippen LogP contribution is 2.66. The number of rotatable bonds is 4. The molecule has 3 aliphatic rings. The van der Waals surface area contributed by atoms with Gasteiger partial charge in [-0.2, -0.15) is 5.26 Å². The summed E-state index contributed by atoms with van der Waals surface area (Å²) in [4.78, 5) is 24.2. The number of thioether (sulfide) groups is 1. The summed E-state index contributed by atoms with van der Waals surface area (Å²) in [5.74, 6) is -1.41. The van der Waals surface area contributed by atoms with Gasteiger partial charge < -0.3 is 15.4 Å². The average Bonchev–Trinajstić information content (AvgIpc) is 3.60. The number of nitrogens with two attached hydrogens (primary N) is 1. The number of morpholine rings is 1. The number of aliphatic imine (C=N–C) groups is 1. The monoisotopic (exact) mass is 523 g/mol. The minimum absolute atomic E-state index is 0.0250. The smallest absolute Gasteiger partial charge is 0.239 e. The predicted octanol–water partition coefficient (Wildman–Crippen LogP) is 4.23. The largest absolute Gasteiger partial charge is 0.378 e. The Morgan fingerprint density at radius 1 is 1.30 bits per heavy atom. The second-order valence-corrected chi connectivity index (χ2v) is 11.4. The lowest BCUT2D eigenvalue weighted by Gasteiger charge is -2.39. The third kappa shape index (κ3) is 4.51. The summed E-state index contributed by atoms with van der Waals surface area (Å²) in [5, 5.41) is 9.14. The van der Waals surface area contributed by atoms with Crippen LogP contribution in [0, 0.1) is 23.1 Å². The number of ether oxygens (including phenoxy) is 1. The number of amides is 1. The van der Waals surface area contributed by atoms with Crippen LogP contribution in [0.25, 0.3) is 11.9 Å². The number of pyridine rings is 1. The number of nitriles is 1. The van der Waals surface area contributed by atoms with Crippen LogP contribution < -0.4 is 5.73 Å². The zero-order valence-electron chi connectivity index (χ0n) is 20.7. The van der Waals surface area contributed by atoms with Crippen molar-refractivity contribution in [2.45, 2.75) is 49.7 Å². The molecule has 0 radical (unpaired) electrons. The molecule has 2 fully saturated rings. The van der Waals surface area contributed by atoms with Gasteiger partial charge in [0.15, 0.2) is 5.17 Å². The molecule has 37 heavy (non-hydrogen) atoms. The SMILES string of the molecule is C[C@H]1CN(C(=O)[C@]23C[C@H]2[C@@](C)(c2cc(/C=C(\F)c4ccc(C#N)cn4)ccc2F)N=C(N)S3)C[C@H](C)O1. The normalized spacial score (nSPS) is 31.2. The maximum Gasteiger partial charge on any atom is 0.239 e. The third-order valence-corrected chi connectivity index (χ3v) is 8.54. The number of benzene rings is 1. The van der Waals surface area contributed by atoms with Crippen LogP contribution in [0.15, 0.2) is 41.5 Å². The minimum Gasteiger partial charge on any atom is -0.378 e. The molecule has 0 bridgehead atoms. The Kier molecular flexibility index (Phi) is 6.32. The van der Waals surface area contributed by atoms with Crippen LogP contribution in [-0.4, -0.2) is 51.0 Å². The number of carbonyl (C=O) groups is 1. The van der Waals surface area contributed by atoms with Crippen molar-refractivity contribution in [3.8, 4) is 6.07 Å². The van der Waals surface area contributed by atoms with E-state index in [2.05, 4.69) is 9.98 Å². The Hall–Kier alpha value is -3.29. The van der Waals surface area contributed by atoms with Crippen molar-refractivity contribution in [2.24, 2.45) is 16.6 Å². The van der Waals surface area contributed by atoms with Crippen molar-refractivity contribution in [1.82, 2.24) is 9.88 Å². The van der Waals surface area contributed by atoms with E-state index in [9.17, 15) is 9.18 Å². The van der Waals surface area contributed by atoms with Crippen molar-refractivity contribution in [3.63, 3.8) is 0 Å². The van der Waals surface area contributed by atoms with Gasteiger partial charge in [0.05, 0.1) is 29.0 Å². The number of aromatic nitrogens is 1. The van der Waals surface area contributed by atoms with E-state index in [0.29, 0.717) is 30.6 Å². The minimum atomic E-state index is -1.09. The summed E-state index contributed by atoms with van der Waals surface area (Å²) < 4.78 is 35.1. The third-order valence-electron chi connectivity index (χ3n) is 7.25. The van der Waals surface area contributed by atoms with Crippen LogP contribution in [0.3, 0.4) is 0 Å². The number of hydrogen-bond donors (Lipinski definition) is 1. The molecule has 5 rings (SSSR count). The van der Waals surface area contributed by atoms with Crippen molar-refractivity contribution >= 4 is 34.7 Å². The van der Waals surface area contributed by atoms with Crippen LogP contribution in [0.5, 0.6) is 0 Å². The van der Waals surface area contributed by atoms with Crippen LogP contribution >= 0.6 is 11.8 Å². The molecule has 1 saturated heterocycles. The first-order valence-electron chi connectivity index (χ1n) is 12.1. The molecular weight excluding hydrogens is 496 g/mol. The average molecular weight is 524 g/mol. The fourth-order valence-corrected chi connectivity index (χ4v) is 6.95. The van der Waals surface area contributed by atoms with E-state index >= 15 is 4.39 Å². The predicted molar refractivity (Wildman–Crippen MR) is 138 cm³/mol. The second kappa shape index (κ2) is 9.23. The molecule has 0 spiro atoms. The Morgan fingerprint density at radius 3 is 2.68 bits per heavy atom. The summed E-state index contributed by atoms with van der Waals surface area (Å²) in [6.07, 6.45) is 2.91. The number of fused-ring (bicyclic) bond motifs is 1. The van der Waals surface area contributed by atoms with Gasteiger partial charge in [-0.1, -0.05) is 17.8 Å². The molecule has 192 valence electrons. The lowest BCUT2D eigenvalue weighted by Crippen LogP contribution is -2.53. The van der Waals surface area contributed by atoms with Gasteiger partial charge in [0.1, 0.15) is 22.5 Å². The molecule has 1 aromatic carbocycles. The van der Waals surface area contributed by atoms with Gasteiger partial charge >= 0.3 is 0 Å². The van der Waals surface area contributed by atoms with Crippen LogP contribution in [0.4, 0.5) is 8.78 Å². The van der Waals surface area contributed by atoms with Crippen LogP contribution in [-0.2, 0) is 15.1 Å². The maximum absolute atomic E-state index is 15.3. The summed E-state index contributed by atoms with van der Waals surface area (Å²) in [7, 11) is 0. The van der Waals surface area contributed by atoms with E-state index in [-0.39, 0.29) is 40.5 Å². The van der Waals surface area contributed by atoms with Gasteiger partial charge in [0, 0.05) is 30.8 Å². The lowest BCUT2D eigenvalue weighted by molar-refractivity contribution is -0.143. The summed E-state index contributed by atoms with van der Waals surface area (Å²) >= 11 is 1.26. The molecule has 5 atom stereocenters. The van der Waals surface area contributed by atoms with E-state index in [4.69, 9.17) is 15.7 Å². The van der Waals surface area contributed by atoms with Crippen LogP contribution in [0.1, 0.15) is 49.6 Å². The first-order valence-corrected chi connectivity index (χ1v) is 12.9. The zero-order chi connectivity index (χ0) is 26.5. The van der Waals surface area contributed by atoms with Gasteiger partial charge in [-0.25, -0.2) is 8.78 Å². The Bertz CT molecular complexity index is 1350. The molecule has 1 amide bonds. The molecular formula is C27H27F2N5O2S. The second-order valence-electron chi connectivity index (χ2n) is 10.1. The van der Waals surface area contributed by atoms with E-state index in [0.717, 1.165) is 0 Å². The summed E-state index contributed by atoms with van der Waals surface area (Å²) in [5.41, 5.74) is 6.20. The quantitative estimate of drug-likeness (QED) is 0.643. The summed E-state index contributed by atoms with van der Waals surface area (Å²) in [6, 6.07) is 9.13. The molecule has 1 aromatic heterocycles. The number of carbonyl (C=O) groups excluding carboxylic acids is 1. The van der Waals surface area contributed by atoms with Crippen LogP contribution in [0.2, 0.25) is 0 Å². The first-order chi connectivity index (χ1) is 17.6. The van der Waals surface area contributed by atoms with Gasteiger partial charge in [-0.15, -0.1) is 0 Å². The molecule has 2 aliphatic heterocycles. The van der Waals surface area contributed by atoms with E-state index < -0.39 is 21.9 Å². The molecule has 2 N–H and O–H groups in total. The van der Waals surface area contributed by atoms with Gasteiger partial charge in [-0.05, 0) is 63.1 Å². The number of hydrogen-bond acceptors (Lipinski definition) is 7. The van der Waals surface area contributed by atoms with E-state index in [1.54, 1.807) is 13.0 Å². The van der Waals surface area contributed by atoms with Gasteiger partial charge in [0.25, 0.3) is 0 Å². The van der Waals surface area contributed by atoms with Gasteiger partial charge in [-0.3, -0.25) is 14.8 Å². The number of nitrogens with zero attached hydrogens (tertiary/aromatic N) is 4. The highest BCUT2D eigenvalue weighted by Gasteiger charge is 2.71. The Balaban J connectivity index is 1.46. The molecule has 0 unspecified atom stereocenters. The van der Waals surface area contributed by atoms with Crippen molar-refractivity contribution in [1.29, 1.82) is 5.26 Å². The molecule has 10 heteroatoms. The molecule has 2 aromatic rings. The maximum atomic E-state index is 15.3. The highest BCUT2D eigenvalue weighted by atomic mass is 32.2. The number of amidine groups is 1. The van der Waals surface area contributed by atoms with Crippen molar-refractivity contribution in [2.75, 3.05) is 13.1 Å². The molecule has 3 heterocycles. The van der Waals surface area contributed by atoms with E-state index in [1.807, 2.05) is 24.8 Å². The number of halogens is 2. The van der Waals surface area contributed by atoms with E-state index in [1.165, 1.54) is 48.3 Å². The summed E-state index contributed by atoms with van der Waals surface area (Å²) in [6.45, 7) is 6.64. The van der Waals surface area contributed by atoms with Gasteiger partial charge in [0.2, 0.25) is 5.91 Å². The Labute approximate surface area is 218 Å². The standard InChI is InChI=1S/C27H27F2N5O2S/c1-15-13-34(14-16(2)36-15)24(35)27-10-23(27)26(3,33-25(31)37-27)19-8-17(4-6-20(19)28)9-21(29)22-7-5-18(11-30)12-32-22/h4-9,12,15-16,23H,10,13-14H2,1-3H3,(H2,31,33)/b21-9-/t15-,16-,23-,26+,27-/m0/s1. The highest BCUT2D eigenvalue weighted by molar-refractivity contribution is 8.15. The first kappa shape index (κ1) is 25.4. The fraction of sp³-hybridized carbons (Fsp3) is 0.407. The molecule has 1 saturated carbocycles. The zero-order valence-corrected chi connectivity index (χ0v) is 21.6. The lowest BCUT2D eigenvalue weighted by atomic mass is 9.84. The van der Waals surface area contributed by atoms with Crippen molar-refractivity contribution in [3.05, 3.63) is 64.7 Å². The molecule has 1 aliphatic carbocycles. The van der Waals surface area contributed by atoms with Crippen molar-refractivity contribution < 1.29 is 18.3 Å². The Morgan fingerprint density at radius 2 is 2.03 bits per heavy atom.